The fourth-order valence-corrected chi connectivity index (χ4v) is 5.09. The molecule has 0 radical (unpaired) electrons. The molecule has 0 bridgehead atoms. The molecule has 3 aromatic rings. The van der Waals surface area contributed by atoms with E-state index in [1.54, 1.807) is 26.0 Å². The lowest BCUT2D eigenvalue weighted by atomic mass is 9.86. The van der Waals surface area contributed by atoms with Crippen LogP contribution in [0.4, 0.5) is 4.39 Å². The number of amides is 1. The van der Waals surface area contributed by atoms with Crippen LogP contribution in [-0.2, 0) is 11.2 Å². The molecule has 0 saturated carbocycles. The number of carbonyl (C=O) groups is 1. The van der Waals surface area contributed by atoms with Crippen LogP contribution in [0.2, 0.25) is 0 Å². The van der Waals surface area contributed by atoms with Crippen molar-refractivity contribution in [3.63, 3.8) is 0 Å². The molecule has 5 nitrogen and oxygen atoms in total. The highest BCUT2D eigenvalue weighted by atomic mass is 19.1. The Balaban J connectivity index is 0.00000259. The van der Waals surface area contributed by atoms with Gasteiger partial charge in [0.2, 0.25) is 0 Å². The van der Waals surface area contributed by atoms with Crippen LogP contribution in [0.1, 0.15) is 55.3 Å². The van der Waals surface area contributed by atoms with Gasteiger partial charge in [-0.3, -0.25) is 4.79 Å². The number of nitrogens with zero attached hydrogens (tertiary/aromatic N) is 2. The van der Waals surface area contributed by atoms with Crippen molar-refractivity contribution >= 4 is 5.91 Å². The van der Waals surface area contributed by atoms with Gasteiger partial charge in [-0.15, -0.1) is 0 Å². The number of aliphatic hydroxyl groups is 1. The van der Waals surface area contributed by atoms with Crippen LogP contribution >= 0.6 is 0 Å². The molecule has 5 rings (SSSR count). The van der Waals surface area contributed by atoms with E-state index in [4.69, 9.17) is 4.74 Å². The SMILES string of the molecule is Cc1cc(C(=O)N2CCC3(CC2)Oc2cc(F)ccc2-n2cccc23)ccc1C(C)(C)O.[HH]. The van der Waals surface area contributed by atoms with Crippen molar-refractivity contribution in [1.29, 1.82) is 0 Å². The maximum Gasteiger partial charge on any atom is 0.253 e. The Labute approximate surface area is 188 Å². The molecule has 0 aliphatic carbocycles. The third kappa shape index (κ3) is 3.30. The molecule has 2 aliphatic rings. The first-order valence-electron chi connectivity index (χ1n) is 11.0. The van der Waals surface area contributed by atoms with E-state index >= 15 is 0 Å². The second-order valence-electron chi connectivity index (χ2n) is 9.35. The molecule has 0 atom stereocenters. The highest BCUT2D eigenvalue weighted by Crippen LogP contribution is 2.45. The molecule has 0 unspecified atom stereocenters. The van der Waals surface area contributed by atoms with Crippen molar-refractivity contribution in [2.75, 3.05) is 13.1 Å². The Bertz CT molecular complexity index is 1210. The van der Waals surface area contributed by atoms with E-state index in [0.717, 1.165) is 22.5 Å². The van der Waals surface area contributed by atoms with Crippen molar-refractivity contribution in [3.8, 4) is 11.4 Å². The molecule has 32 heavy (non-hydrogen) atoms. The summed E-state index contributed by atoms with van der Waals surface area (Å²) >= 11 is 0. The van der Waals surface area contributed by atoms with E-state index < -0.39 is 11.2 Å². The zero-order chi connectivity index (χ0) is 22.7. The molecule has 1 fully saturated rings. The van der Waals surface area contributed by atoms with Crippen LogP contribution in [0, 0.1) is 12.7 Å². The zero-order valence-corrected chi connectivity index (χ0v) is 18.6. The third-order valence-electron chi connectivity index (χ3n) is 6.69. The molecule has 168 valence electrons. The Morgan fingerprint density at radius 1 is 1.16 bits per heavy atom. The van der Waals surface area contributed by atoms with E-state index in [1.165, 1.54) is 12.1 Å². The van der Waals surface area contributed by atoms with E-state index in [1.807, 2.05) is 42.3 Å². The normalized spacial score (nSPS) is 17.0. The van der Waals surface area contributed by atoms with Crippen molar-refractivity contribution in [1.82, 2.24) is 9.47 Å². The number of aryl methyl sites for hydroxylation is 1. The monoisotopic (exact) mass is 436 g/mol. The molecule has 2 aromatic carbocycles. The number of hydrogen-bond acceptors (Lipinski definition) is 3. The summed E-state index contributed by atoms with van der Waals surface area (Å²) in [5.41, 5.74) is 2.66. The Hall–Kier alpha value is -3.12. The minimum Gasteiger partial charge on any atom is -0.479 e. The number of piperidine rings is 1. The molecule has 1 N–H and O–H groups in total. The van der Waals surface area contributed by atoms with Crippen LogP contribution in [0.25, 0.3) is 5.69 Å². The molecule has 1 spiro atoms. The van der Waals surface area contributed by atoms with Crippen LogP contribution in [0.15, 0.2) is 54.7 Å². The summed E-state index contributed by atoms with van der Waals surface area (Å²) in [6, 6.07) is 14.1. The summed E-state index contributed by atoms with van der Waals surface area (Å²) in [5.74, 6) is 0.182. The second kappa shape index (κ2) is 7.20. The number of rotatable bonds is 2. The van der Waals surface area contributed by atoms with Gasteiger partial charge in [-0.2, -0.15) is 0 Å². The molecule has 6 heteroatoms. The van der Waals surface area contributed by atoms with E-state index in [2.05, 4.69) is 4.57 Å². The predicted molar refractivity (Wildman–Crippen MR) is 122 cm³/mol. The van der Waals surface area contributed by atoms with Gasteiger partial charge in [-0.05, 0) is 68.3 Å². The number of halogens is 1. The Morgan fingerprint density at radius 3 is 2.59 bits per heavy atom. The highest BCUT2D eigenvalue weighted by molar-refractivity contribution is 5.94. The number of hydrogen-bond donors (Lipinski definition) is 1. The van der Waals surface area contributed by atoms with Crippen molar-refractivity contribution in [2.24, 2.45) is 0 Å². The van der Waals surface area contributed by atoms with Crippen LogP contribution in [0.5, 0.6) is 5.75 Å². The van der Waals surface area contributed by atoms with Gasteiger partial charge in [0.25, 0.3) is 5.91 Å². The lowest BCUT2D eigenvalue weighted by Gasteiger charge is -2.45. The van der Waals surface area contributed by atoms with E-state index in [-0.39, 0.29) is 13.2 Å². The molecule has 1 amide bonds. The highest BCUT2D eigenvalue weighted by Gasteiger charge is 2.44. The maximum atomic E-state index is 13.9. The van der Waals surface area contributed by atoms with Gasteiger partial charge < -0.3 is 19.3 Å². The first-order valence-corrected chi connectivity index (χ1v) is 11.0. The molecule has 3 heterocycles. The number of aromatic nitrogens is 1. The quantitative estimate of drug-likeness (QED) is 0.620. The van der Waals surface area contributed by atoms with Gasteiger partial charge in [0, 0.05) is 45.2 Å². The number of ether oxygens (including phenoxy) is 1. The molecular weight excluding hydrogens is 407 g/mol. The van der Waals surface area contributed by atoms with Gasteiger partial charge in [0.1, 0.15) is 11.6 Å². The second-order valence-corrected chi connectivity index (χ2v) is 9.35. The van der Waals surface area contributed by atoms with Gasteiger partial charge in [0.05, 0.1) is 17.0 Å². The van der Waals surface area contributed by atoms with Gasteiger partial charge in [-0.1, -0.05) is 6.07 Å². The predicted octanol–water partition coefficient (Wildman–Crippen LogP) is 4.92. The topological polar surface area (TPSA) is 54.7 Å². The third-order valence-corrected chi connectivity index (χ3v) is 6.69. The summed E-state index contributed by atoms with van der Waals surface area (Å²) < 4.78 is 22.4. The number of carbonyl (C=O) groups excluding carboxylic acids is 1. The summed E-state index contributed by atoms with van der Waals surface area (Å²) in [5, 5.41) is 10.3. The fourth-order valence-electron chi connectivity index (χ4n) is 5.09. The number of likely N-dealkylation sites (tertiary alicyclic amines) is 1. The zero-order valence-electron chi connectivity index (χ0n) is 18.6. The van der Waals surface area contributed by atoms with Gasteiger partial charge in [-0.25, -0.2) is 4.39 Å². The van der Waals surface area contributed by atoms with Crippen LogP contribution < -0.4 is 4.74 Å². The van der Waals surface area contributed by atoms with Crippen LogP contribution in [-0.4, -0.2) is 33.6 Å². The van der Waals surface area contributed by atoms with Crippen molar-refractivity contribution in [2.45, 2.75) is 44.8 Å². The largest absolute Gasteiger partial charge is 0.479 e. The molecule has 2 aliphatic heterocycles. The Morgan fingerprint density at radius 2 is 1.91 bits per heavy atom. The minimum absolute atomic E-state index is 0. The fraction of sp³-hybridized carbons (Fsp3) is 0.346. The van der Waals surface area contributed by atoms with E-state index in [0.29, 0.717) is 37.2 Å². The molecular formula is C26H29FN2O3. The summed E-state index contributed by atoms with van der Waals surface area (Å²) in [7, 11) is 0. The average Bonchev–Trinajstić information content (AvgIpc) is 3.24. The van der Waals surface area contributed by atoms with Gasteiger partial charge in [0.15, 0.2) is 5.60 Å². The number of benzene rings is 2. The lowest BCUT2D eigenvalue weighted by molar-refractivity contribution is -0.00952. The Kier molecular flexibility index (Phi) is 4.67. The van der Waals surface area contributed by atoms with E-state index in [9.17, 15) is 14.3 Å². The first kappa shape index (κ1) is 20.8. The lowest BCUT2D eigenvalue weighted by Crippen LogP contribution is -2.50. The average molecular weight is 437 g/mol. The smallest absolute Gasteiger partial charge is 0.253 e. The number of fused-ring (bicyclic) bond motifs is 4. The van der Waals surface area contributed by atoms with Crippen molar-refractivity contribution < 1.29 is 20.5 Å². The summed E-state index contributed by atoms with van der Waals surface area (Å²) in [6.45, 7) is 6.48. The van der Waals surface area contributed by atoms with Crippen LogP contribution in [0.3, 0.4) is 0 Å². The molecule has 1 saturated heterocycles. The van der Waals surface area contributed by atoms with Crippen molar-refractivity contribution in [3.05, 3.63) is 82.9 Å². The summed E-state index contributed by atoms with van der Waals surface area (Å²) in [4.78, 5) is 15.0. The standard InChI is InChI=1S/C26H27FN2O3.H2/c1-17-15-18(6-8-20(17)25(2,3)31)24(30)28-13-10-26(11-14-28)23-5-4-12-29(23)21-9-7-19(27)16-22(21)32-26;/h4-9,12,15-16,31H,10-11,13-14H2,1-3H3;1H. The first-order chi connectivity index (χ1) is 15.2. The summed E-state index contributed by atoms with van der Waals surface area (Å²) in [6.07, 6.45) is 3.22. The minimum atomic E-state index is -0.952. The molecule has 1 aromatic heterocycles. The maximum absolute atomic E-state index is 13.9. The van der Waals surface area contributed by atoms with Gasteiger partial charge >= 0.3 is 0 Å².